The molecule has 1 N–H and O–H groups in total. The van der Waals surface area contributed by atoms with Crippen LogP contribution in [0.5, 0.6) is 0 Å². The summed E-state index contributed by atoms with van der Waals surface area (Å²) in [6.07, 6.45) is 4.21. The molecule has 1 aliphatic heterocycles. The quantitative estimate of drug-likeness (QED) is 0.777. The van der Waals surface area contributed by atoms with Crippen LogP contribution >= 0.6 is 0 Å². The second-order valence-electron chi connectivity index (χ2n) is 7.35. The van der Waals surface area contributed by atoms with Crippen LogP contribution in [0.25, 0.3) is 0 Å². The molecule has 0 radical (unpaired) electrons. The maximum atomic E-state index is 11.7. The van der Waals surface area contributed by atoms with Crippen molar-refractivity contribution < 1.29 is 9.53 Å². The molecule has 116 valence electrons. The molecule has 1 spiro atoms. The number of carbonyl (C=O) groups excluding carboxylic acids is 1. The number of hydrogen-bond acceptors (Lipinski definition) is 3. The van der Waals surface area contributed by atoms with Gasteiger partial charge in [0.15, 0.2) is 0 Å². The molecule has 0 aromatic heterocycles. The van der Waals surface area contributed by atoms with Crippen molar-refractivity contribution in [2.45, 2.75) is 59.1 Å². The fourth-order valence-corrected chi connectivity index (χ4v) is 3.68. The van der Waals surface area contributed by atoms with Crippen LogP contribution in [0.1, 0.15) is 47.0 Å². The largest absolute Gasteiger partial charge is 0.379 e. The Hall–Kier alpha value is -0.610. The van der Waals surface area contributed by atoms with Gasteiger partial charge in [-0.2, -0.15) is 0 Å². The van der Waals surface area contributed by atoms with Gasteiger partial charge < -0.3 is 10.1 Å². The first kappa shape index (κ1) is 15.8. The molecule has 0 unspecified atom stereocenters. The Morgan fingerprint density at radius 1 is 1.30 bits per heavy atom. The summed E-state index contributed by atoms with van der Waals surface area (Å²) in [4.78, 5) is 14.0. The molecule has 2 aliphatic rings. The molecule has 0 atom stereocenters. The molecule has 2 fully saturated rings. The first-order valence-electron chi connectivity index (χ1n) is 8.02. The third-order valence-corrected chi connectivity index (χ3v) is 4.36. The number of hydrogen-bond donors (Lipinski definition) is 1. The highest BCUT2D eigenvalue weighted by Crippen LogP contribution is 2.52. The third-order valence-electron chi connectivity index (χ3n) is 4.36. The Kier molecular flexibility index (Phi) is 5.08. The predicted octanol–water partition coefficient (Wildman–Crippen LogP) is 2.04. The van der Waals surface area contributed by atoms with Crippen molar-refractivity contribution in [3.05, 3.63) is 0 Å². The van der Waals surface area contributed by atoms with Gasteiger partial charge in [0, 0.05) is 25.7 Å². The van der Waals surface area contributed by atoms with Crippen LogP contribution in [0.15, 0.2) is 0 Å². The summed E-state index contributed by atoms with van der Waals surface area (Å²) in [6.45, 7) is 11.9. The first-order chi connectivity index (χ1) is 9.38. The van der Waals surface area contributed by atoms with Crippen molar-refractivity contribution in [1.29, 1.82) is 0 Å². The zero-order chi connectivity index (χ0) is 14.8. The minimum absolute atomic E-state index is 0.163. The normalized spacial score (nSPS) is 22.1. The molecular weight excluding hydrogens is 252 g/mol. The molecule has 2 rings (SSSR count). The van der Waals surface area contributed by atoms with Gasteiger partial charge in [-0.15, -0.1) is 0 Å². The number of carbonyl (C=O) groups is 1. The molecule has 1 aliphatic carbocycles. The topological polar surface area (TPSA) is 41.6 Å². The van der Waals surface area contributed by atoms with E-state index in [1.807, 2.05) is 13.8 Å². The summed E-state index contributed by atoms with van der Waals surface area (Å²) in [5.74, 6) is 1.01. The summed E-state index contributed by atoms with van der Waals surface area (Å²) in [6, 6.07) is 0.242. The van der Waals surface area contributed by atoms with Gasteiger partial charge in [-0.25, -0.2) is 0 Å². The van der Waals surface area contributed by atoms with E-state index in [0.717, 1.165) is 25.6 Å². The van der Waals surface area contributed by atoms with E-state index in [4.69, 9.17) is 4.74 Å². The van der Waals surface area contributed by atoms with Crippen molar-refractivity contribution in [1.82, 2.24) is 10.2 Å². The lowest BCUT2D eigenvalue weighted by atomic mass is 9.57. The number of nitrogens with one attached hydrogen (secondary N) is 1. The molecule has 1 amide bonds. The highest BCUT2D eigenvalue weighted by atomic mass is 16.5. The Morgan fingerprint density at radius 3 is 2.50 bits per heavy atom. The van der Waals surface area contributed by atoms with E-state index in [0.29, 0.717) is 18.1 Å². The van der Waals surface area contributed by atoms with Crippen LogP contribution in [-0.4, -0.2) is 49.2 Å². The molecule has 1 saturated carbocycles. The van der Waals surface area contributed by atoms with E-state index in [1.165, 1.54) is 19.3 Å². The average molecular weight is 282 g/mol. The Balaban J connectivity index is 1.55. The highest BCUT2D eigenvalue weighted by molar-refractivity contribution is 5.78. The minimum atomic E-state index is 0.163. The van der Waals surface area contributed by atoms with Crippen molar-refractivity contribution >= 4 is 5.91 Å². The van der Waals surface area contributed by atoms with Crippen LogP contribution < -0.4 is 5.32 Å². The lowest BCUT2D eigenvalue weighted by molar-refractivity contribution is -0.134. The molecule has 20 heavy (non-hydrogen) atoms. The number of rotatable bonds is 7. The number of ether oxygens (including phenoxy) is 1. The van der Waals surface area contributed by atoms with Gasteiger partial charge in [0.05, 0.1) is 12.6 Å². The zero-order valence-corrected chi connectivity index (χ0v) is 13.4. The van der Waals surface area contributed by atoms with E-state index >= 15 is 0 Å². The number of likely N-dealkylation sites (tertiary alicyclic amines) is 1. The fourth-order valence-electron chi connectivity index (χ4n) is 3.68. The van der Waals surface area contributed by atoms with Crippen LogP contribution in [0.4, 0.5) is 0 Å². The monoisotopic (exact) mass is 282 g/mol. The van der Waals surface area contributed by atoms with E-state index in [1.54, 1.807) is 0 Å². The first-order valence-corrected chi connectivity index (χ1v) is 8.02. The molecule has 0 aromatic rings. The average Bonchev–Trinajstić information content (AvgIpc) is 2.20. The lowest BCUT2D eigenvalue weighted by Crippen LogP contribution is -2.63. The predicted molar refractivity (Wildman–Crippen MR) is 80.6 cm³/mol. The third kappa shape index (κ3) is 4.19. The van der Waals surface area contributed by atoms with Crippen molar-refractivity contribution in [2.75, 3.05) is 26.2 Å². The van der Waals surface area contributed by atoms with Gasteiger partial charge >= 0.3 is 0 Å². The summed E-state index contributed by atoms with van der Waals surface area (Å²) in [5.41, 5.74) is 0.542. The van der Waals surface area contributed by atoms with Gasteiger partial charge in [-0.3, -0.25) is 9.69 Å². The fraction of sp³-hybridized carbons (Fsp3) is 0.938. The summed E-state index contributed by atoms with van der Waals surface area (Å²) in [7, 11) is 0. The SMILES string of the molecule is CC(C)NC(=O)CN1CC2(CC(CCOC(C)C)C2)C1. The smallest absolute Gasteiger partial charge is 0.234 e. The maximum absolute atomic E-state index is 11.7. The van der Waals surface area contributed by atoms with E-state index in [-0.39, 0.29) is 11.9 Å². The van der Waals surface area contributed by atoms with Crippen LogP contribution in [-0.2, 0) is 9.53 Å². The van der Waals surface area contributed by atoms with Crippen LogP contribution in [0.2, 0.25) is 0 Å². The summed E-state index contributed by atoms with van der Waals surface area (Å²) < 4.78 is 5.62. The van der Waals surface area contributed by atoms with Crippen molar-refractivity contribution in [3.63, 3.8) is 0 Å². The van der Waals surface area contributed by atoms with Gasteiger partial charge in [0.2, 0.25) is 5.91 Å². The summed E-state index contributed by atoms with van der Waals surface area (Å²) in [5, 5.41) is 2.96. The molecular formula is C16H30N2O2. The van der Waals surface area contributed by atoms with Crippen LogP contribution in [0.3, 0.4) is 0 Å². The molecule has 1 heterocycles. The lowest BCUT2D eigenvalue weighted by Gasteiger charge is -2.59. The number of amides is 1. The molecule has 0 aromatic carbocycles. The van der Waals surface area contributed by atoms with E-state index < -0.39 is 0 Å². The van der Waals surface area contributed by atoms with Crippen LogP contribution in [0, 0.1) is 11.3 Å². The van der Waals surface area contributed by atoms with Gasteiger partial charge in [-0.05, 0) is 58.3 Å². The maximum Gasteiger partial charge on any atom is 0.234 e. The van der Waals surface area contributed by atoms with E-state index in [2.05, 4.69) is 24.1 Å². The Morgan fingerprint density at radius 2 is 1.95 bits per heavy atom. The second-order valence-corrected chi connectivity index (χ2v) is 7.35. The van der Waals surface area contributed by atoms with Gasteiger partial charge in [-0.1, -0.05) is 0 Å². The van der Waals surface area contributed by atoms with Crippen molar-refractivity contribution in [3.8, 4) is 0 Å². The number of nitrogens with zero attached hydrogens (tertiary/aromatic N) is 1. The standard InChI is InChI=1S/C16H30N2O2/c1-12(2)17-15(19)9-18-10-16(11-18)7-14(8-16)5-6-20-13(3)4/h12-14H,5-11H2,1-4H3,(H,17,19). The molecule has 4 heteroatoms. The molecule has 1 saturated heterocycles. The Labute approximate surface area is 123 Å². The molecule has 0 bridgehead atoms. The summed E-state index contributed by atoms with van der Waals surface area (Å²) >= 11 is 0. The Bertz CT molecular complexity index is 327. The van der Waals surface area contributed by atoms with E-state index in [9.17, 15) is 4.79 Å². The minimum Gasteiger partial charge on any atom is -0.379 e. The molecule has 4 nitrogen and oxygen atoms in total. The zero-order valence-electron chi connectivity index (χ0n) is 13.4. The van der Waals surface area contributed by atoms with Gasteiger partial charge in [0.1, 0.15) is 0 Å². The van der Waals surface area contributed by atoms with Gasteiger partial charge in [0.25, 0.3) is 0 Å². The second kappa shape index (κ2) is 6.44. The highest BCUT2D eigenvalue weighted by Gasteiger charge is 2.51. The van der Waals surface area contributed by atoms with Crippen molar-refractivity contribution in [2.24, 2.45) is 11.3 Å².